The fourth-order valence-corrected chi connectivity index (χ4v) is 1.12. The van der Waals surface area contributed by atoms with Crippen LogP contribution in [0.5, 0.6) is 0 Å². The van der Waals surface area contributed by atoms with Crippen molar-refractivity contribution in [2.45, 2.75) is 26.2 Å². The molecule has 0 aromatic rings. The summed E-state index contributed by atoms with van der Waals surface area (Å²) in [5.41, 5.74) is 0. The quantitative estimate of drug-likeness (QED) is 0.485. The normalized spacial score (nSPS) is 12.4. The van der Waals surface area contributed by atoms with Crippen LogP contribution in [-0.2, 0) is 4.79 Å². The first-order valence-corrected chi connectivity index (χ1v) is 3.89. The molecule has 0 aliphatic rings. The molecule has 0 fully saturated rings. The van der Waals surface area contributed by atoms with Crippen LogP contribution in [0.4, 0.5) is 0 Å². The van der Waals surface area contributed by atoms with Gasteiger partial charge in [0.2, 0.25) is 6.54 Å². The number of nitro groups is 1. The molecule has 1 N–H and O–H groups in total. The molecule has 70 valence electrons. The zero-order valence-electron chi connectivity index (χ0n) is 7.02. The Morgan fingerprint density at radius 1 is 1.67 bits per heavy atom. The average molecular weight is 175 g/mol. The minimum atomic E-state index is -0.963. The average Bonchev–Trinajstić information content (AvgIpc) is 1.84. The van der Waals surface area contributed by atoms with Gasteiger partial charge in [-0.2, -0.15) is 0 Å². The molecule has 1 unspecified atom stereocenters. The van der Waals surface area contributed by atoms with E-state index in [9.17, 15) is 14.9 Å². The number of carboxylic acids is 1. The number of hydrogen-bond donors (Lipinski definition) is 1. The van der Waals surface area contributed by atoms with Gasteiger partial charge in [0, 0.05) is 10.8 Å². The van der Waals surface area contributed by atoms with Gasteiger partial charge in [0.25, 0.3) is 0 Å². The van der Waals surface area contributed by atoms with Gasteiger partial charge >= 0.3 is 5.97 Å². The lowest BCUT2D eigenvalue weighted by Gasteiger charge is -2.07. The van der Waals surface area contributed by atoms with E-state index >= 15 is 0 Å². The van der Waals surface area contributed by atoms with Crippen LogP contribution in [0.2, 0.25) is 0 Å². The number of carboxylic acid groups (broad SMARTS) is 1. The third kappa shape index (κ3) is 5.64. The maximum absolute atomic E-state index is 10.2. The van der Waals surface area contributed by atoms with Gasteiger partial charge in [-0.1, -0.05) is 13.3 Å². The standard InChI is InChI=1S/C7H13NO4/c1-2-3-6(4-7(9)10)5-8(11)12/h6H,2-5H2,1H3,(H,9,10). The lowest BCUT2D eigenvalue weighted by atomic mass is 10.0. The van der Waals surface area contributed by atoms with E-state index in [1.165, 1.54) is 0 Å². The third-order valence-electron chi connectivity index (χ3n) is 1.57. The van der Waals surface area contributed by atoms with Gasteiger partial charge in [-0.3, -0.25) is 14.9 Å². The Kier molecular flexibility index (Phi) is 4.99. The molecule has 0 bridgehead atoms. The van der Waals surface area contributed by atoms with Crippen LogP contribution in [0, 0.1) is 16.0 Å². The second kappa shape index (κ2) is 5.51. The Labute approximate surface area is 70.5 Å². The van der Waals surface area contributed by atoms with Gasteiger partial charge < -0.3 is 5.11 Å². The molecule has 0 aliphatic carbocycles. The van der Waals surface area contributed by atoms with Crippen molar-refractivity contribution in [1.29, 1.82) is 0 Å². The van der Waals surface area contributed by atoms with Crippen molar-refractivity contribution < 1.29 is 14.8 Å². The molecule has 5 nitrogen and oxygen atoms in total. The van der Waals surface area contributed by atoms with Crippen molar-refractivity contribution in [1.82, 2.24) is 0 Å². The fraction of sp³-hybridized carbons (Fsp3) is 0.857. The predicted octanol–water partition coefficient (Wildman–Crippen LogP) is 1.15. The van der Waals surface area contributed by atoms with Crippen LogP contribution in [0.15, 0.2) is 0 Å². The van der Waals surface area contributed by atoms with E-state index in [1.54, 1.807) is 0 Å². The molecule has 0 aliphatic heterocycles. The van der Waals surface area contributed by atoms with Crippen molar-refractivity contribution in [2.24, 2.45) is 5.92 Å². The van der Waals surface area contributed by atoms with Crippen molar-refractivity contribution in [3.63, 3.8) is 0 Å². The minimum absolute atomic E-state index is 0.102. The smallest absolute Gasteiger partial charge is 0.303 e. The lowest BCUT2D eigenvalue weighted by molar-refractivity contribution is -0.488. The largest absolute Gasteiger partial charge is 0.481 e. The van der Waals surface area contributed by atoms with Crippen molar-refractivity contribution >= 4 is 5.97 Å². The van der Waals surface area contributed by atoms with E-state index in [0.29, 0.717) is 6.42 Å². The van der Waals surface area contributed by atoms with Crippen LogP contribution in [-0.4, -0.2) is 22.5 Å². The number of carbonyl (C=O) groups is 1. The molecule has 0 saturated carbocycles. The first-order valence-electron chi connectivity index (χ1n) is 3.89. The highest BCUT2D eigenvalue weighted by molar-refractivity contribution is 5.66. The highest BCUT2D eigenvalue weighted by atomic mass is 16.6. The molecule has 12 heavy (non-hydrogen) atoms. The second-order valence-electron chi connectivity index (χ2n) is 2.77. The van der Waals surface area contributed by atoms with E-state index in [0.717, 1.165) is 6.42 Å². The summed E-state index contributed by atoms with van der Waals surface area (Å²) in [6, 6.07) is 0. The summed E-state index contributed by atoms with van der Waals surface area (Å²) in [6.07, 6.45) is 1.29. The minimum Gasteiger partial charge on any atom is -0.481 e. The van der Waals surface area contributed by atoms with Crippen molar-refractivity contribution in [3.05, 3.63) is 10.1 Å². The van der Waals surface area contributed by atoms with Crippen LogP contribution >= 0.6 is 0 Å². The summed E-state index contributed by atoms with van der Waals surface area (Å²) in [4.78, 5) is 19.9. The van der Waals surface area contributed by atoms with Crippen molar-refractivity contribution in [3.8, 4) is 0 Å². The molecule has 0 spiro atoms. The first kappa shape index (κ1) is 10.9. The molecular weight excluding hydrogens is 162 g/mol. The summed E-state index contributed by atoms with van der Waals surface area (Å²) < 4.78 is 0. The van der Waals surface area contributed by atoms with E-state index in [2.05, 4.69) is 0 Å². The zero-order chi connectivity index (χ0) is 9.56. The van der Waals surface area contributed by atoms with Gasteiger partial charge in [-0.05, 0) is 6.42 Å². The van der Waals surface area contributed by atoms with Gasteiger partial charge in [0.15, 0.2) is 0 Å². The van der Waals surface area contributed by atoms with E-state index in [1.807, 2.05) is 6.92 Å². The number of hydrogen-bond acceptors (Lipinski definition) is 3. The topological polar surface area (TPSA) is 80.4 Å². The lowest BCUT2D eigenvalue weighted by Crippen LogP contribution is -2.17. The van der Waals surface area contributed by atoms with Gasteiger partial charge in [-0.25, -0.2) is 0 Å². The van der Waals surface area contributed by atoms with Gasteiger partial charge in [0.1, 0.15) is 0 Å². The molecule has 0 saturated heterocycles. The van der Waals surface area contributed by atoms with E-state index in [-0.39, 0.29) is 18.9 Å². The Bertz CT molecular complexity index is 153. The van der Waals surface area contributed by atoms with Crippen LogP contribution in [0.1, 0.15) is 26.2 Å². The summed E-state index contributed by atoms with van der Waals surface area (Å²) in [6.45, 7) is 1.65. The molecule has 0 amide bonds. The highest BCUT2D eigenvalue weighted by Crippen LogP contribution is 2.10. The fourth-order valence-electron chi connectivity index (χ4n) is 1.12. The number of nitrogens with zero attached hydrogens (tertiary/aromatic N) is 1. The van der Waals surface area contributed by atoms with Crippen LogP contribution in [0.25, 0.3) is 0 Å². The van der Waals surface area contributed by atoms with Crippen LogP contribution < -0.4 is 0 Å². The monoisotopic (exact) mass is 175 g/mol. The van der Waals surface area contributed by atoms with Gasteiger partial charge in [-0.15, -0.1) is 0 Å². The Morgan fingerprint density at radius 2 is 2.25 bits per heavy atom. The molecule has 0 aromatic carbocycles. The van der Waals surface area contributed by atoms with Gasteiger partial charge in [0.05, 0.1) is 6.42 Å². The first-order chi connectivity index (χ1) is 5.56. The maximum atomic E-state index is 10.2. The molecule has 1 atom stereocenters. The number of rotatable bonds is 6. The van der Waals surface area contributed by atoms with Crippen molar-refractivity contribution in [2.75, 3.05) is 6.54 Å². The summed E-state index contributed by atoms with van der Waals surface area (Å²) in [5, 5.41) is 18.5. The molecular formula is C7H13NO4. The highest BCUT2D eigenvalue weighted by Gasteiger charge is 2.17. The van der Waals surface area contributed by atoms with E-state index < -0.39 is 10.9 Å². The summed E-state index contributed by atoms with van der Waals surface area (Å²) in [5.74, 6) is -1.28. The molecule has 0 rings (SSSR count). The molecule has 0 heterocycles. The van der Waals surface area contributed by atoms with E-state index in [4.69, 9.17) is 5.11 Å². The SMILES string of the molecule is CCCC(CC(=O)O)C[N+](=O)[O-]. The molecule has 0 aromatic heterocycles. The summed E-state index contributed by atoms with van der Waals surface area (Å²) in [7, 11) is 0. The maximum Gasteiger partial charge on any atom is 0.303 e. The molecule has 5 heteroatoms. The predicted molar refractivity (Wildman–Crippen MR) is 42.5 cm³/mol. The Balaban J connectivity index is 3.85. The Hall–Kier alpha value is -1.13. The number of aliphatic carboxylic acids is 1. The van der Waals surface area contributed by atoms with Crippen LogP contribution in [0.3, 0.4) is 0 Å². The Morgan fingerprint density at radius 3 is 2.58 bits per heavy atom. The second-order valence-corrected chi connectivity index (χ2v) is 2.77. The zero-order valence-corrected chi connectivity index (χ0v) is 7.02. The third-order valence-corrected chi connectivity index (χ3v) is 1.57. The molecule has 0 radical (unpaired) electrons. The summed E-state index contributed by atoms with van der Waals surface area (Å²) >= 11 is 0.